The number of carboxylic acids is 1. The predicted molar refractivity (Wildman–Crippen MR) is 144 cm³/mol. The lowest BCUT2D eigenvalue weighted by Crippen LogP contribution is -2.54. The summed E-state index contributed by atoms with van der Waals surface area (Å²) < 4.78 is 41.9. The third-order valence-corrected chi connectivity index (χ3v) is 7.84. The van der Waals surface area contributed by atoms with Crippen molar-refractivity contribution in [3.63, 3.8) is 0 Å². The highest BCUT2D eigenvalue weighted by molar-refractivity contribution is 6.30. The van der Waals surface area contributed by atoms with Crippen LogP contribution in [0.4, 0.5) is 30.2 Å². The Morgan fingerprint density at radius 3 is 2.13 bits per heavy atom. The molecule has 0 aromatic heterocycles. The van der Waals surface area contributed by atoms with Crippen molar-refractivity contribution in [2.45, 2.75) is 43.9 Å². The van der Waals surface area contributed by atoms with Crippen LogP contribution in [0.15, 0.2) is 66.7 Å². The summed E-state index contributed by atoms with van der Waals surface area (Å²) in [6.07, 6.45) is -0.579. The fraction of sp³-hybridized carbons (Fsp3) is 0.310. The minimum atomic E-state index is -4.87. The number of hydrogen-bond donors (Lipinski definition) is 4. The standard InChI is InChI=1S/C29H27ClF3N3O3/c30-20-13-11-19(12-14-20)28(35-23-8-4-5-9-24(23)36-28)25(17-6-2-1-3-7-17)26(37)34-22-15-10-18(27(38)39)16-21(22)29(31,32)33/h4-5,8-17,25,35-36H,1-3,6-7H2,(H,34,37)(H,38,39). The van der Waals surface area contributed by atoms with Gasteiger partial charge < -0.3 is 21.1 Å². The zero-order valence-electron chi connectivity index (χ0n) is 20.8. The average Bonchev–Trinajstić information content (AvgIpc) is 3.29. The Hall–Kier alpha value is -3.72. The molecule has 204 valence electrons. The summed E-state index contributed by atoms with van der Waals surface area (Å²) in [6.45, 7) is 0. The second-order valence-corrected chi connectivity index (χ2v) is 10.5. The van der Waals surface area contributed by atoms with Crippen LogP contribution in [-0.2, 0) is 16.6 Å². The van der Waals surface area contributed by atoms with Crippen LogP contribution in [0.2, 0.25) is 5.02 Å². The van der Waals surface area contributed by atoms with Gasteiger partial charge in [0.15, 0.2) is 0 Å². The number of para-hydroxylation sites is 2. The molecule has 3 aromatic rings. The van der Waals surface area contributed by atoms with E-state index in [9.17, 15) is 27.9 Å². The molecule has 10 heteroatoms. The number of fused-ring (bicyclic) bond motifs is 1. The smallest absolute Gasteiger partial charge is 0.418 e. The van der Waals surface area contributed by atoms with Crippen LogP contribution in [0.3, 0.4) is 0 Å². The third-order valence-electron chi connectivity index (χ3n) is 7.59. The van der Waals surface area contributed by atoms with Crippen LogP contribution in [0.5, 0.6) is 0 Å². The van der Waals surface area contributed by atoms with Crippen molar-refractivity contribution in [3.05, 3.63) is 88.4 Å². The Balaban J connectivity index is 1.61. The van der Waals surface area contributed by atoms with E-state index in [4.69, 9.17) is 11.6 Å². The van der Waals surface area contributed by atoms with Gasteiger partial charge in [0.2, 0.25) is 5.91 Å². The van der Waals surface area contributed by atoms with Gasteiger partial charge in [-0.15, -0.1) is 0 Å². The second kappa shape index (κ2) is 10.4. The predicted octanol–water partition coefficient (Wildman–Crippen LogP) is 7.58. The Morgan fingerprint density at radius 1 is 0.949 bits per heavy atom. The monoisotopic (exact) mass is 557 g/mol. The number of alkyl halides is 3. The highest BCUT2D eigenvalue weighted by Crippen LogP contribution is 2.49. The summed E-state index contributed by atoms with van der Waals surface area (Å²) >= 11 is 6.18. The van der Waals surface area contributed by atoms with E-state index in [1.807, 2.05) is 24.3 Å². The van der Waals surface area contributed by atoms with E-state index in [2.05, 4.69) is 16.0 Å². The van der Waals surface area contributed by atoms with E-state index in [1.54, 1.807) is 24.3 Å². The maximum Gasteiger partial charge on any atom is 0.418 e. The molecule has 1 amide bonds. The number of carbonyl (C=O) groups excluding carboxylic acids is 1. The highest BCUT2D eigenvalue weighted by atomic mass is 35.5. The molecule has 2 aliphatic rings. The van der Waals surface area contributed by atoms with Crippen LogP contribution in [-0.4, -0.2) is 17.0 Å². The number of benzene rings is 3. The van der Waals surface area contributed by atoms with E-state index in [-0.39, 0.29) is 5.92 Å². The topological polar surface area (TPSA) is 90.5 Å². The molecule has 1 heterocycles. The molecule has 4 N–H and O–H groups in total. The van der Waals surface area contributed by atoms with Crippen molar-refractivity contribution in [2.24, 2.45) is 11.8 Å². The number of hydrogen-bond acceptors (Lipinski definition) is 4. The lowest BCUT2D eigenvalue weighted by atomic mass is 9.71. The second-order valence-electron chi connectivity index (χ2n) is 10.0. The first-order chi connectivity index (χ1) is 18.6. The number of nitrogens with one attached hydrogen (secondary N) is 3. The first kappa shape index (κ1) is 26.9. The van der Waals surface area contributed by atoms with Crippen LogP contribution in [0, 0.1) is 11.8 Å². The molecule has 6 nitrogen and oxygen atoms in total. The molecule has 0 saturated heterocycles. The number of rotatable bonds is 6. The first-order valence-corrected chi connectivity index (χ1v) is 13.1. The minimum absolute atomic E-state index is 0.142. The number of aromatic carboxylic acids is 1. The lowest BCUT2D eigenvalue weighted by Gasteiger charge is -2.43. The van der Waals surface area contributed by atoms with Gasteiger partial charge in [0.05, 0.1) is 34.1 Å². The van der Waals surface area contributed by atoms with E-state index >= 15 is 0 Å². The van der Waals surface area contributed by atoms with Gasteiger partial charge in [-0.05, 0) is 66.8 Å². The SMILES string of the molecule is O=C(O)c1ccc(NC(=O)C(C2CCCCC2)C2(c3ccc(Cl)cc3)Nc3ccccc3N2)c(C(F)(F)F)c1. The van der Waals surface area contributed by atoms with Crippen molar-refractivity contribution < 1.29 is 27.9 Å². The van der Waals surface area contributed by atoms with Crippen molar-refractivity contribution in [2.75, 3.05) is 16.0 Å². The largest absolute Gasteiger partial charge is 0.478 e. The Kier molecular flexibility index (Phi) is 7.20. The molecule has 0 bridgehead atoms. The molecular formula is C29H27ClF3N3O3. The summed E-state index contributed by atoms with van der Waals surface area (Å²) in [5.74, 6) is -3.06. The zero-order chi connectivity index (χ0) is 27.8. The molecule has 1 atom stereocenters. The van der Waals surface area contributed by atoms with Crippen molar-refractivity contribution in [1.29, 1.82) is 0 Å². The fourth-order valence-electron chi connectivity index (χ4n) is 5.81. The van der Waals surface area contributed by atoms with E-state index in [1.165, 1.54) is 0 Å². The molecule has 1 unspecified atom stereocenters. The number of halogens is 4. The molecule has 5 rings (SSSR count). The summed E-state index contributed by atoms with van der Waals surface area (Å²) in [7, 11) is 0. The molecule has 1 saturated carbocycles. The Morgan fingerprint density at radius 2 is 1.56 bits per heavy atom. The van der Waals surface area contributed by atoms with Gasteiger partial charge in [0.1, 0.15) is 5.66 Å². The highest BCUT2D eigenvalue weighted by Gasteiger charge is 2.52. The van der Waals surface area contributed by atoms with Crippen molar-refractivity contribution >= 4 is 40.5 Å². The molecule has 3 aromatic carbocycles. The molecule has 0 spiro atoms. The van der Waals surface area contributed by atoms with Gasteiger partial charge in [0.25, 0.3) is 0 Å². The summed E-state index contributed by atoms with van der Waals surface area (Å²) in [5.41, 5.74) is -1.14. The Bertz CT molecular complexity index is 1360. The van der Waals surface area contributed by atoms with Crippen LogP contribution < -0.4 is 16.0 Å². The molecule has 1 aliphatic heterocycles. The van der Waals surface area contributed by atoms with Gasteiger partial charge in [-0.1, -0.05) is 55.1 Å². The number of amides is 1. The molecule has 0 radical (unpaired) electrons. The van der Waals surface area contributed by atoms with Gasteiger partial charge in [0, 0.05) is 5.02 Å². The van der Waals surface area contributed by atoms with Gasteiger partial charge in [-0.2, -0.15) is 13.2 Å². The molecule has 1 aliphatic carbocycles. The number of carbonyl (C=O) groups is 2. The van der Waals surface area contributed by atoms with E-state index in [0.717, 1.165) is 55.6 Å². The summed E-state index contributed by atoms with van der Waals surface area (Å²) in [5, 5.41) is 19.3. The van der Waals surface area contributed by atoms with Gasteiger partial charge in [-0.25, -0.2) is 4.79 Å². The van der Waals surface area contributed by atoms with Crippen molar-refractivity contribution in [1.82, 2.24) is 0 Å². The normalized spacial score (nSPS) is 17.4. The first-order valence-electron chi connectivity index (χ1n) is 12.8. The van der Waals surface area contributed by atoms with E-state index in [0.29, 0.717) is 16.7 Å². The molecule has 1 fully saturated rings. The zero-order valence-corrected chi connectivity index (χ0v) is 21.6. The maximum atomic E-state index is 14.2. The van der Waals surface area contributed by atoms with Crippen LogP contribution in [0.1, 0.15) is 53.6 Å². The van der Waals surface area contributed by atoms with Gasteiger partial charge in [-0.3, -0.25) is 4.79 Å². The minimum Gasteiger partial charge on any atom is -0.478 e. The number of carboxylic acid groups (broad SMARTS) is 1. The van der Waals surface area contributed by atoms with Gasteiger partial charge >= 0.3 is 12.1 Å². The summed E-state index contributed by atoms with van der Waals surface area (Å²) in [4.78, 5) is 25.5. The van der Waals surface area contributed by atoms with E-state index < -0.39 is 46.4 Å². The molecular weight excluding hydrogens is 531 g/mol. The average molecular weight is 558 g/mol. The Labute approximate surface area is 228 Å². The van der Waals surface area contributed by atoms with Crippen LogP contribution in [0.25, 0.3) is 0 Å². The summed E-state index contributed by atoms with van der Waals surface area (Å²) in [6, 6.07) is 17.1. The third kappa shape index (κ3) is 5.28. The lowest BCUT2D eigenvalue weighted by molar-refractivity contribution is -0.137. The maximum absolute atomic E-state index is 14.2. The number of anilines is 3. The quantitative estimate of drug-likeness (QED) is 0.251. The van der Waals surface area contributed by atoms with Crippen LogP contribution >= 0.6 is 11.6 Å². The van der Waals surface area contributed by atoms with Crippen molar-refractivity contribution in [3.8, 4) is 0 Å². The fourth-order valence-corrected chi connectivity index (χ4v) is 5.94. The molecule has 39 heavy (non-hydrogen) atoms.